The zero-order valence-electron chi connectivity index (χ0n) is 3.12. The van der Waals surface area contributed by atoms with Gasteiger partial charge < -0.3 is 4.12 Å². The molecule has 0 saturated carbocycles. The van der Waals surface area contributed by atoms with Crippen molar-refractivity contribution in [2.24, 2.45) is 0 Å². The second-order valence-electron chi connectivity index (χ2n) is 0.666. The number of hydrogen-bond acceptors (Lipinski definition) is 1. The Morgan fingerprint density at radius 2 is 1.86 bits per heavy atom. The molecule has 0 bridgehead atoms. The van der Waals surface area contributed by atoms with Gasteiger partial charge in [-0.05, 0) is 0 Å². The molecule has 0 unspecified atom stereocenters. The van der Waals surface area contributed by atoms with Gasteiger partial charge in [-0.2, -0.15) is 0 Å². The highest BCUT2D eigenvalue weighted by Gasteiger charge is 2.27. The van der Waals surface area contributed by atoms with Gasteiger partial charge in [-0.3, -0.25) is 0 Å². The molecule has 0 aromatic heterocycles. The molecule has 7 heavy (non-hydrogen) atoms. The van der Waals surface area contributed by atoms with E-state index in [1.54, 1.807) is 0 Å². The molecule has 1 nitrogen and oxygen atoms in total. The Hall–Kier alpha value is 0.884. The van der Waals surface area contributed by atoms with Gasteiger partial charge in [-0.25, -0.2) is 0 Å². The summed E-state index contributed by atoms with van der Waals surface area (Å²) in [5.41, 5.74) is 0. The van der Waals surface area contributed by atoms with Crippen molar-refractivity contribution in [3.8, 4) is 6.00 Å². The molecule has 0 heterocycles. The van der Waals surface area contributed by atoms with E-state index in [4.69, 9.17) is 39.2 Å². The molecule has 0 saturated heterocycles. The normalized spacial score (nSPS) is 10.0. The van der Waals surface area contributed by atoms with Crippen molar-refractivity contribution in [3.05, 3.63) is 0 Å². The van der Waals surface area contributed by atoms with Gasteiger partial charge in [0.05, 0.1) is 0 Å². The van der Waals surface area contributed by atoms with Crippen molar-refractivity contribution in [3.63, 3.8) is 0 Å². The average molecular weight is 192 g/mol. The molecule has 0 radical (unpaired) electrons. The third-order valence-electron chi connectivity index (χ3n) is 0.175. The number of halogens is 3. The van der Waals surface area contributed by atoms with Crippen LogP contribution in [0.15, 0.2) is 0 Å². The Kier molecular flexibility index (Phi) is 3.40. The third kappa shape index (κ3) is 6.88. The van der Waals surface area contributed by atoms with E-state index in [0.717, 1.165) is 0 Å². The van der Waals surface area contributed by atoms with Gasteiger partial charge >= 0.3 is 6.25 Å². The highest BCUT2D eigenvalue weighted by atomic mass is 35.8. The average Bonchev–Trinajstić information content (AvgIpc) is 1.30. The van der Waals surface area contributed by atoms with Crippen molar-refractivity contribution in [1.29, 1.82) is 0 Å². The van der Waals surface area contributed by atoms with Crippen molar-refractivity contribution in [2.45, 2.75) is 0 Å². The Balaban J connectivity index is 3.40. The van der Waals surface area contributed by atoms with Crippen LogP contribution in [0.3, 0.4) is 0 Å². The molecule has 0 N–H and O–H groups in total. The summed E-state index contributed by atoms with van der Waals surface area (Å²) in [6.07, 6.45) is -2.85. The quantitative estimate of drug-likeness (QED) is 0.449. The van der Waals surface area contributed by atoms with E-state index in [9.17, 15) is 0 Å². The fourth-order valence-corrected chi connectivity index (χ4v) is 1.80. The van der Waals surface area contributed by atoms with Crippen molar-refractivity contribution >= 4 is 48.7 Å². The lowest BCUT2D eigenvalue weighted by Gasteiger charge is -2.01. The molecule has 0 fully saturated rings. The third-order valence-corrected chi connectivity index (χ3v) is 3.65. The van der Waals surface area contributed by atoms with E-state index < -0.39 is 6.25 Å². The van der Waals surface area contributed by atoms with Crippen LogP contribution in [-0.4, -0.2) is 15.4 Å². The van der Waals surface area contributed by atoms with Gasteiger partial charge in [-0.1, -0.05) is 33.2 Å². The van der Waals surface area contributed by atoms with Crippen LogP contribution in [0.5, 0.6) is 0 Å². The number of hydrogen-bond donors (Lipinski definition) is 0. The topological polar surface area (TPSA) is 9.23 Å². The van der Waals surface area contributed by atoms with Crippen molar-refractivity contribution < 1.29 is 4.12 Å². The molecular formula is CHCl3OSi2. The van der Waals surface area contributed by atoms with Crippen LogP contribution in [0.1, 0.15) is 0 Å². The van der Waals surface area contributed by atoms with Crippen LogP contribution < -0.4 is 0 Å². The fourth-order valence-electron chi connectivity index (χ4n) is 0.0668. The Bertz CT molecular complexity index is 90.1. The van der Waals surface area contributed by atoms with Gasteiger partial charge in [0, 0.05) is 0 Å². The zero-order valence-corrected chi connectivity index (χ0v) is 7.39. The van der Waals surface area contributed by atoms with E-state index in [-0.39, 0.29) is 9.20 Å². The highest BCUT2D eigenvalue weighted by Crippen LogP contribution is 2.18. The van der Waals surface area contributed by atoms with Gasteiger partial charge in [-0.15, -0.1) is 6.00 Å². The Morgan fingerprint density at radius 1 is 1.43 bits per heavy atom. The van der Waals surface area contributed by atoms with Gasteiger partial charge in [0.2, 0.25) is 9.20 Å². The lowest BCUT2D eigenvalue weighted by Crippen LogP contribution is -2.13. The minimum Gasteiger partial charge on any atom is -0.524 e. The van der Waals surface area contributed by atoms with Crippen molar-refractivity contribution in [1.82, 2.24) is 0 Å². The molecule has 0 aliphatic carbocycles. The first kappa shape index (κ1) is 7.88. The van der Waals surface area contributed by atoms with E-state index in [2.05, 4.69) is 4.12 Å². The van der Waals surface area contributed by atoms with Crippen LogP contribution >= 0.6 is 33.2 Å². The largest absolute Gasteiger partial charge is 0.550 e. The zero-order chi connectivity index (χ0) is 5.91. The minimum absolute atomic E-state index is 0.225. The summed E-state index contributed by atoms with van der Waals surface area (Å²) in [6.45, 7) is 0. The molecule has 0 amide bonds. The smallest absolute Gasteiger partial charge is 0.524 e. The van der Waals surface area contributed by atoms with Crippen LogP contribution in [0, 0.1) is 6.00 Å². The molecule has 0 aromatic carbocycles. The first-order chi connectivity index (χ1) is 3.06. The summed E-state index contributed by atoms with van der Waals surface area (Å²) < 4.78 is 4.47. The Labute approximate surface area is 59.0 Å². The molecule has 6 heteroatoms. The second kappa shape index (κ2) is 3.02. The molecule has 0 aliphatic heterocycles. The molecule has 0 aromatic rings. The highest BCUT2D eigenvalue weighted by molar-refractivity contribution is 7.62. The van der Waals surface area contributed by atoms with E-state index >= 15 is 0 Å². The summed E-state index contributed by atoms with van der Waals surface area (Å²) >= 11 is 15.6. The SMILES string of the molecule is C#[Si]O[Si](Cl)(Cl)Cl. The first-order valence-electron chi connectivity index (χ1n) is 1.26. The maximum absolute atomic E-state index is 5.21. The summed E-state index contributed by atoms with van der Waals surface area (Å²) in [6, 6.07) is 4.90. The van der Waals surface area contributed by atoms with Crippen molar-refractivity contribution in [2.75, 3.05) is 0 Å². The molecule has 0 spiro atoms. The summed E-state index contributed by atoms with van der Waals surface area (Å²) in [4.78, 5) is 0. The predicted molar refractivity (Wildman–Crippen MR) is 35.1 cm³/mol. The van der Waals surface area contributed by atoms with E-state index in [0.29, 0.717) is 0 Å². The standard InChI is InChI=1S/CHCl3OSi2/c1-6-5-7(2,3)4/h1H. The molecule has 0 rings (SSSR count). The van der Waals surface area contributed by atoms with Crippen LogP contribution in [0.2, 0.25) is 0 Å². The maximum atomic E-state index is 5.21. The lowest BCUT2D eigenvalue weighted by atomic mass is 12.0. The summed E-state index contributed by atoms with van der Waals surface area (Å²) in [7, 11) is -0.225. The molecule has 0 aliphatic rings. The maximum Gasteiger partial charge on any atom is 0.550 e. The molecule has 0 atom stereocenters. The predicted octanol–water partition coefficient (Wildman–Crippen LogP) is 1.36. The van der Waals surface area contributed by atoms with Gasteiger partial charge in [0.25, 0.3) is 0 Å². The number of rotatable bonds is 1. The lowest BCUT2D eigenvalue weighted by molar-refractivity contribution is 0.663. The van der Waals surface area contributed by atoms with Gasteiger partial charge in [0.1, 0.15) is 0 Å². The molecular weight excluding hydrogens is 191 g/mol. The molecule has 40 valence electrons. The Morgan fingerprint density at radius 3 is 1.86 bits per heavy atom. The van der Waals surface area contributed by atoms with Gasteiger partial charge in [0.15, 0.2) is 0 Å². The van der Waals surface area contributed by atoms with Crippen LogP contribution in [-0.2, 0) is 4.12 Å². The minimum atomic E-state index is -2.85. The summed E-state index contributed by atoms with van der Waals surface area (Å²) in [5.74, 6) is 0. The summed E-state index contributed by atoms with van der Waals surface area (Å²) in [5, 5.41) is 0. The van der Waals surface area contributed by atoms with Crippen LogP contribution in [0.25, 0.3) is 0 Å². The monoisotopic (exact) mass is 190 g/mol. The van der Waals surface area contributed by atoms with E-state index in [1.165, 1.54) is 0 Å². The second-order valence-corrected chi connectivity index (χ2v) is 9.14. The first-order valence-corrected chi connectivity index (χ1v) is 7.19. The fraction of sp³-hybridized carbons (Fsp3) is 0. The van der Waals surface area contributed by atoms with Crippen LogP contribution in [0.4, 0.5) is 0 Å². The van der Waals surface area contributed by atoms with E-state index in [1.807, 2.05) is 0 Å².